The Labute approximate surface area is 115 Å². The Hall–Kier alpha value is -1.04. The minimum absolute atomic E-state index is 0.00139. The number of rotatable bonds is 2. The molecule has 1 N–H and O–H groups in total. The normalized spacial score (nSPS) is 19.9. The third-order valence-electron chi connectivity index (χ3n) is 2.92. The number of nitro groups is 1. The second-order valence-electron chi connectivity index (χ2n) is 4.31. The van der Waals surface area contributed by atoms with Crippen LogP contribution in [0.4, 0.5) is 11.4 Å². The average molecular weight is 290 g/mol. The number of nitrogens with one attached hydrogen (secondary N) is 1. The number of nitro benzene ring substituents is 1. The van der Waals surface area contributed by atoms with E-state index in [9.17, 15) is 10.1 Å². The van der Waals surface area contributed by atoms with Gasteiger partial charge in [0, 0.05) is 31.7 Å². The summed E-state index contributed by atoms with van der Waals surface area (Å²) in [5.74, 6) is 0. The van der Waals surface area contributed by atoms with Crippen molar-refractivity contribution in [3.63, 3.8) is 0 Å². The maximum absolute atomic E-state index is 11.1. The zero-order valence-corrected chi connectivity index (χ0v) is 11.3. The zero-order valence-electron chi connectivity index (χ0n) is 9.82. The lowest BCUT2D eigenvalue weighted by atomic mass is 10.2. The summed E-state index contributed by atoms with van der Waals surface area (Å²) < 4.78 is 0. The molecular formula is C11H13Cl2N3O2. The summed E-state index contributed by atoms with van der Waals surface area (Å²) in [6, 6.07) is 3.17. The van der Waals surface area contributed by atoms with Crippen LogP contribution in [0.2, 0.25) is 10.0 Å². The summed E-state index contributed by atoms with van der Waals surface area (Å²) >= 11 is 11.8. The maximum atomic E-state index is 11.1. The van der Waals surface area contributed by atoms with Gasteiger partial charge >= 0.3 is 0 Å². The highest BCUT2D eigenvalue weighted by Crippen LogP contribution is 2.36. The Morgan fingerprint density at radius 3 is 2.72 bits per heavy atom. The predicted molar refractivity (Wildman–Crippen MR) is 72.8 cm³/mol. The van der Waals surface area contributed by atoms with Gasteiger partial charge < -0.3 is 10.2 Å². The number of piperazine rings is 1. The first-order chi connectivity index (χ1) is 8.49. The number of anilines is 1. The maximum Gasteiger partial charge on any atom is 0.294 e. The summed E-state index contributed by atoms with van der Waals surface area (Å²) in [6.45, 7) is 4.25. The molecule has 1 aromatic rings. The molecule has 2 rings (SSSR count). The molecule has 1 aromatic carbocycles. The van der Waals surface area contributed by atoms with Crippen LogP contribution in [0.15, 0.2) is 12.1 Å². The molecule has 7 heteroatoms. The predicted octanol–water partition coefficient (Wildman–Crippen LogP) is 2.70. The molecule has 98 valence electrons. The fraction of sp³-hybridized carbons (Fsp3) is 0.455. The number of benzene rings is 1. The lowest BCUT2D eigenvalue weighted by Crippen LogP contribution is -2.49. The van der Waals surface area contributed by atoms with Crippen molar-refractivity contribution in [3.8, 4) is 0 Å². The molecular weight excluding hydrogens is 277 g/mol. The summed E-state index contributed by atoms with van der Waals surface area (Å²) in [4.78, 5) is 12.6. The Kier molecular flexibility index (Phi) is 3.94. The Morgan fingerprint density at radius 1 is 1.44 bits per heavy atom. The molecule has 0 aromatic heterocycles. The van der Waals surface area contributed by atoms with Crippen LogP contribution in [0.25, 0.3) is 0 Å². The largest absolute Gasteiger partial charge is 0.363 e. The van der Waals surface area contributed by atoms with Gasteiger partial charge in [0.05, 0.1) is 15.0 Å². The van der Waals surface area contributed by atoms with Gasteiger partial charge in [0.15, 0.2) is 0 Å². The monoisotopic (exact) mass is 289 g/mol. The van der Waals surface area contributed by atoms with Gasteiger partial charge in [-0.05, 0) is 13.0 Å². The molecule has 5 nitrogen and oxygen atoms in total. The molecule has 1 fully saturated rings. The van der Waals surface area contributed by atoms with Crippen LogP contribution in [0.5, 0.6) is 0 Å². The van der Waals surface area contributed by atoms with Gasteiger partial charge in [0.1, 0.15) is 5.69 Å². The number of halogens is 2. The second kappa shape index (κ2) is 5.30. The summed E-state index contributed by atoms with van der Waals surface area (Å²) in [5, 5.41) is 14.9. The minimum Gasteiger partial charge on any atom is -0.363 e. The van der Waals surface area contributed by atoms with Crippen LogP contribution in [-0.2, 0) is 0 Å². The van der Waals surface area contributed by atoms with Gasteiger partial charge in [-0.2, -0.15) is 0 Å². The van der Waals surface area contributed by atoms with Crippen molar-refractivity contribution in [2.45, 2.75) is 13.0 Å². The van der Waals surface area contributed by atoms with E-state index >= 15 is 0 Å². The van der Waals surface area contributed by atoms with Crippen molar-refractivity contribution < 1.29 is 4.92 Å². The van der Waals surface area contributed by atoms with Gasteiger partial charge in [0.2, 0.25) is 0 Å². The molecule has 0 spiro atoms. The van der Waals surface area contributed by atoms with Crippen LogP contribution in [0.3, 0.4) is 0 Å². The van der Waals surface area contributed by atoms with Crippen molar-refractivity contribution in [1.29, 1.82) is 0 Å². The fourth-order valence-corrected chi connectivity index (χ4v) is 2.39. The van der Waals surface area contributed by atoms with Crippen LogP contribution in [0.1, 0.15) is 6.92 Å². The summed E-state index contributed by atoms with van der Waals surface area (Å²) in [5.41, 5.74) is 0.529. The molecule has 0 unspecified atom stereocenters. The first-order valence-electron chi connectivity index (χ1n) is 5.61. The molecule has 0 saturated carbocycles. The number of hydrogen-bond donors (Lipinski definition) is 1. The SMILES string of the molecule is C[C@H]1CN(c2cc(Cl)c(Cl)cc2[N+](=O)[O-])CCN1. The first-order valence-corrected chi connectivity index (χ1v) is 6.36. The fourth-order valence-electron chi connectivity index (χ4n) is 2.08. The molecule has 1 aliphatic rings. The number of nitrogens with zero attached hydrogens (tertiary/aromatic N) is 2. The molecule has 0 bridgehead atoms. The van der Waals surface area contributed by atoms with E-state index < -0.39 is 4.92 Å². The lowest BCUT2D eigenvalue weighted by molar-refractivity contribution is -0.384. The van der Waals surface area contributed by atoms with Gasteiger partial charge in [-0.1, -0.05) is 23.2 Å². The highest BCUT2D eigenvalue weighted by molar-refractivity contribution is 6.42. The van der Waals surface area contributed by atoms with Crippen molar-refractivity contribution in [3.05, 3.63) is 32.3 Å². The van der Waals surface area contributed by atoms with E-state index in [0.717, 1.165) is 6.54 Å². The Morgan fingerprint density at radius 2 is 2.11 bits per heavy atom. The number of hydrogen-bond acceptors (Lipinski definition) is 4. The van der Waals surface area contributed by atoms with Gasteiger partial charge in [-0.15, -0.1) is 0 Å². The van der Waals surface area contributed by atoms with Crippen molar-refractivity contribution in [2.24, 2.45) is 0 Å². The second-order valence-corrected chi connectivity index (χ2v) is 5.13. The first kappa shape index (κ1) is 13.4. The molecule has 1 aliphatic heterocycles. The van der Waals surface area contributed by atoms with E-state index in [1.54, 1.807) is 6.07 Å². The molecule has 0 aliphatic carbocycles. The Balaban J connectivity index is 2.41. The summed E-state index contributed by atoms with van der Waals surface area (Å²) in [7, 11) is 0. The van der Waals surface area contributed by atoms with Crippen molar-refractivity contribution in [1.82, 2.24) is 5.32 Å². The van der Waals surface area contributed by atoms with Crippen LogP contribution >= 0.6 is 23.2 Å². The van der Waals surface area contributed by atoms with E-state index in [2.05, 4.69) is 5.32 Å². The third-order valence-corrected chi connectivity index (χ3v) is 3.65. The molecule has 1 saturated heterocycles. The van der Waals surface area contributed by atoms with Gasteiger partial charge in [-0.25, -0.2) is 0 Å². The standard InChI is InChI=1S/C11H13Cl2N3O2/c1-7-6-15(3-2-14-7)10-4-8(12)9(13)5-11(10)16(17)18/h4-5,7,14H,2-3,6H2,1H3/t7-/m0/s1. The van der Waals surface area contributed by atoms with Crippen LogP contribution in [0, 0.1) is 10.1 Å². The van der Waals surface area contributed by atoms with E-state index in [1.165, 1.54) is 6.07 Å². The van der Waals surface area contributed by atoms with Crippen molar-refractivity contribution >= 4 is 34.6 Å². The zero-order chi connectivity index (χ0) is 13.3. The molecule has 0 radical (unpaired) electrons. The molecule has 0 amide bonds. The summed E-state index contributed by atoms with van der Waals surface area (Å²) in [6.07, 6.45) is 0. The molecule has 1 heterocycles. The highest BCUT2D eigenvalue weighted by Gasteiger charge is 2.25. The van der Waals surface area contributed by atoms with E-state index in [1.807, 2.05) is 11.8 Å². The van der Waals surface area contributed by atoms with E-state index in [0.29, 0.717) is 23.8 Å². The highest BCUT2D eigenvalue weighted by atomic mass is 35.5. The van der Waals surface area contributed by atoms with Crippen LogP contribution in [-0.4, -0.2) is 30.6 Å². The van der Waals surface area contributed by atoms with E-state index in [4.69, 9.17) is 23.2 Å². The van der Waals surface area contributed by atoms with E-state index in [-0.39, 0.29) is 16.8 Å². The smallest absolute Gasteiger partial charge is 0.294 e. The van der Waals surface area contributed by atoms with Crippen LogP contribution < -0.4 is 10.2 Å². The third kappa shape index (κ3) is 2.68. The van der Waals surface area contributed by atoms with Gasteiger partial charge in [-0.3, -0.25) is 10.1 Å². The minimum atomic E-state index is -0.426. The topological polar surface area (TPSA) is 58.4 Å². The quantitative estimate of drug-likeness (QED) is 0.672. The van der Waals surface area contributed by atoms with Crippen molar-refractivity contribution in [2.75, 3.05) is 24.5 Å². The lowest BCUT2D eigenvalue weighted by Gasteiger charge is -2.33. The average Bonchev–Trinajstić information content (AvgIpc) is 2.31. The van der Waals surface area contributed by atoms with Gasteiger partial charge in [0.25, 0.3) is 5.69 Å². The Bertz CT molecular complexity index is 482. The molecule has 18 heavy (non-hydrogen) atoms. The molecule has 1 atom stereocenters.